The molecule has 1 rings (SSSR count). The van der Waals surface area contributed by atoms with Crippen molar-refractivity contribution in [2.45, 2.75) is 19.4 Å². The normalized spacial score (nSPS) is 12.9. The molecule has 2 nitrogen and oxygen atoms in total. The molecular weight excluding hydrogens is 237 g/mol. The first-order chi connectivity index (χ1) is 6.02. The zero-order chi connectivity index (χ0) is 10.0. The van der Waals surface area contributed by atoms with Crippen LogP contribution in [0.1, 0.15) is 12.5 Å². The molecule has 1 atom stereocenters. The average Bonchev–Trinajstić information content (AvgIpc) is 2.05. The second-order valence-electron chi connectivity index (χ2n) is 3.04. The third kappa shape index (κ3) is 2.42. The summed E-state index contributed by atoms with van der Waals surface area (Å²) < 4.78 is 13.7. The number of benzene rings is 1. The highest BCUT2D eigenvalue weighted by Crippen LogP contribution is 2.27. The molecule has 0 spiro atoms. The molecule has 0 heterocycles. The van der Waals surface area contributed by atoms with E-state index in [1.165, 1.54) is 12.1 Å². The highest BCUT2D eigenvalue weighted by atomic mass is 79.9. The van der Waals surface area contributed by atoms with Crippen molar-refractivity contribution in [1.82, 2.24) is 0 Å². The molecule has 0 amide bonds. The summed E-state index contributed by atoms with van der Waals surface area (Å²) in [6.07, 6.45) is 0.330. The van der Waals surface area contributed by atoms with Crippen molar-refractivity contribution in [3.05, 3.63) is 28.0 Å². The molecular formula is C9H11BrFNO. The molecule has 4 heteroatoms. The van der Waals surface area contributed by atoms with Gasteiger partial charge in [-0.05, 0) is 41.4 Å². The summed E-state index contributed by atoms with van der Waals surface area (Å²) in [5, 5.41) is 9.35. The first-order valence-electron chi connectivity index (χ1n) is 3.93. The minimum absolute atomic E-state index is 0.0435. The van der Waals surface area contributed by atoms with Gasteiger partial charge in [-0.15, -0.1) is 0 Å². The number of hydrogen-bond acceptors (Lipinski definition) is 2. The highest BCUT2D eigenvalue weighted by molar-refractivity contribution is 9.10. The lowest BCUT2D eigenvalue weighted by molar-refractivity contribution is 0.454. The van der Waals surface area contributed by atoms with E-state index >= 15 is 0 Å². The van der Waals surface area contributed by atoms with Gasteiger partial charge in [0, 0.05) is 11.6 Å². The van der Waals surface area contributed by atoms with Crippen molar-refractivity contribution in [3.8, 4) is 5.75 Å². The van der Waals surface area contributed by atoms with Gasteiger partial charge in [0.15, 0.2) is 0 Å². The van der Waals surface area contributed by atoms with Crippen molar-refractivity contribution in [2.75, 3.05) is 0 Å². The van der Waals surface area contributed by atoms with Crippen LogP contribution in [-0.2, 0) is 6.42 Å². The zero-order valence-corrected chi connectivity index (χ0v) is 8.81. The Labute approximate surface area is 84.7 Å². The smallest absolute Gasteiger partial charge is 0.144 e. The minimum Gasteiger partial charge on any atom is -0.508 e. The second-order valence-corrected chi connectivity index (χ2v) is 3.89. The third-order valence-electron chi connectivity index (χ3n) is 1.70. The molecule has 0 bridgehead atoms. The van der Waals surface area contributed by atoms with Crippen LogP contribution in [0.3, 0.4) is 0 Å². The summed E-state index contributed by atoms with van der Waals surface area (Å²) in [6, 6.07) is 2.75. The van der Waals surface area contributed by atoms with Gasteiger partial charge in [0.1, 0.15) is 11.6 Å². The van der Waals surface area contributed by atoms with Gasteiger partial charge >= 0.3 is 0 Å². The summed E-state index contributed by atoms with van der Waals surface area (Å²) in [4.78, 5) is 0. The van der Waals surface area contributed by atoms with Gasteiger partial charge in [-0.3, -0.25) is 0 Å². The average molecular weight is 248 g/mol. The van der Waals surface area contributed by atoms with E-state index in [0.717, 1.165) is 0 Å². The Morgan fingerprint density at radius 3 is 2.77 bits per heavy atom. The van der Waals surface area contributed by atoms with Crippen molar-refractivity contribution in [2.24, 2.45) is 5.73 Å². The first kappa shape index (κ1) is 10.5. The predicted octanol–water partition coefficient (Wildman–Crippen LogP) is 2.18. The fourth-order valence-corrected chi connectivity index (χ4v) is 1.47. The molecule has 0 aliphatic rings. The van der Waals surface area contributed by atoms with Crippen LogP contribution in [-0.4, -0.2) is 11.1 Å². The van der Waals surface area contributed by atoms with Crippen molar-refractivity contribution >= 4 is 15.9 Å². The van der Waals surface area contributed by atoms with Crippen molar-refractivity contribution in [1.29, 1.82) is 0 Å². The molecule has 0 radical (unpaired) electrons. The SMILES string of the molecule is CC(N)Cc1c(O)ccc(Br)c1F. The Balaban J connectivity index is 3.10. The van der Waals surface area contributed by atoms with E-state index in [1.807, 2.05) is 0 Å². The maximum absolute atomic E-state index is 13.4. The van der Waals surface area contributed by atoms with Crippen LogP contribution in [0.4, 0.5) is 4.39 Å². The fraction of sp³-hybridized carbons (Fsp3) is 0.333. The lowest BCUT2D eigenvalue weighted by Gasteiger charge is -2.09. The monoisotopic (exact) mass is 247 g/mol. The molecule has 13 heavy (non-hydrogen) atoms. The summed E-state index contributed by atoms with van der Waals surface area (Å²) in [6.45, 7) is 1.76. The molecule has 72 valence electrons. The van der Waals surface area contributed by atoms with E-state index in [0.29, 0.717) is 10.9 Å². The zero-order valence-electron chi connectivity index (χ0n) is 7.22. The van der Waals surface area contributed by atoms with Crippen LogP contribution in [0, 0.1) is 5.82 Å². The molecule has 1 aromatic carbocycles. The Morgan fingerprint density at radius 2 is 2.23 bits per heavy atom. The number of rotatable bonds is 2. The standard InChI is InChI=1S/C9H11BrFNO/c1-5(12)4-6-8(13)3-2-7(10)9(6)11/h2-3,5,13H,4,12H2,1H3. The van der Waals surface area contributed by atoms with Crippen LogP contribution in [0.5, 0.6) is 5.75 Å². The Bertz CT molecular complexity index is 315. The van der Waals surface area contributed by atoms with E-state index in [9.17, 15) is 9.50 Å². The molecule has 0 aliphatic carbocycles. The van der Waals surface area contributed by atoms with Gasteiger partial charge in [0.05, 0.1) is 4.47 Å². The largest absolute Gasteiger partial charge is 0.508 e. The second kappa shape index (κ2) is 4.07. The van der Waals surface area contributed by atoms with E-state index in [1.54, 1.807) is 6.92 Å². The lowest BCUT2D eigenvalue weighted by atomic mass is 10.1. The quantitative estimate of drug-likeness (QED) is 0.842. The van der Waals surface area contributed by atoms with E-state index in [2.05, 4.69) is 15.9 Å². The topological polar surface area (TPSA) is 46.2 Å². The molecule has 0 saturated carbocycles. The predicted molar refractivity (Wildman–Crippen MR) is 53.1 cm³/mol. The number of nitrogens with two attached hydrogens (primary N) is 1. The molecule has 1 unspecified atom stereocenters. The summed E-state index contributed by atoms with van der Waals surface area (Å²) in [5.41, 5.74) is 5.79. The lowest BCUT2D eigenvalue weighted by Crippen LogP contribution is -2.18. The van der Waals surface area contributed by atoms with E-state index in [-0.39, 0.29) is 17.4 Å². The third-order valence-corrected chi connectivity index (χ3v) is 2.31. The molecule has 0 fully saturated rings. The Morgan fingerprint density at radius 1 is 1.62 bits per heavy atom. The van der Waals surface area contributed by atoms with Crippen LogP contribution in [0.15, 0.2) is 16.6 Å². The van der Waals surface area contributed by atoms with E-state index in [4.69, 9.17) is 5.73 Å². The Hall–Kier alpha value is -0.610. The summed E-state index contributed by atoms with van der Waals surface area (Å²) >= 11 is 3.04. The number of aromatic hydroxyl groups is 1. The van der Waals surface area contributed by atoms with Gasteiger partial charge in [0.2, 0.25) is 0 Å². The number of hydrogen-bond donors (Lipinski definition) is 2. The number of phenols is 1. The van der Waals surface area contributed by atoms with E-state index < -0.39 is 5.82 Å². The van der Waals surface area contributed by atoms with Crippen LogP contribution in [0.25, 0.3) is 0 Å². The summed E-state index contributed by atoms with van der Waals surface area (Å²) in [5.74, 6) is -0.477. The van der Waals surface area contributed by atoms with Crippen LogP contribution < -0.4 is 5.73 Å². The molecule has 0 aliphatic heterocycles. The van der Waals surface area contributed by atoms with Gasteiger partial charge in [-0.2, -0.15) is 0 Å². The molecule has 3 N–H and O–H groups in total. The van der Waals surface area contributed by atoms with Crippen molar-refractivity contribution < 1.29 is 9.50 Å². The Kier molecular flexibility index (Phi) is 3.27. The van der Waals surface area contributed by atoms with Gasteiger partial charge in [-0.1, -0.05) is 0 Å². The molecule has 0 saturated heterocycles. The van der Waals surface area contributed by atoms with Gasteiger partial charge in [-0.25, -0.2) is 4.39 Å². The highest BCUT2D eigenvalue weighted by Gasteiger charge is 2.12. The maximum atomic E-state index is 13.4. The molecule has 0 aromatic heterocycles. The summed E-state index contributed by atoms with van der Waals surface area (Å²) in [7, 11) is 0. The van der Waals surface area contributed by atoms with Crippen LogP contribution in [0.2, 0.25) is 0 Å². The first-order valence-corrected chi connectivity index (χ1v) is 4.73. The van der Waals surface area contributed by atoms with Crippen LogP contribution >= 0.6 is 15.9 Å². The van der Waals surface area contributed by atoms with Gasteiger partial charge < -0.3 is 10.8 Å². The number of halogens is 2. The minimum atomic E-state index is -0.433. The maximum Gasteiger partial charge on any atom is 0.144 e. The number of phenolic OH excluding ortho intramolecular Hbond substituents is 1. The van der Waals surface area contributed by atoms with Crippen molar-refractivity contribution in [3.63, 3.8) is 0 Å². The molecule has 1 aromatic rings. The fourth-order valence-electron chi connectivity index (χ4n) is 1.10. The van der Waals surface area contributed by atoms with Gasteiger partial charge in [0.25, 0.3) is 0 Å².